The molecule has 1 aliphatic heterocycles. The summed E-state index contributed by atoms with van der Waals surface area (Å²) >= 11 is 0. The maximum absolute atomic E-state index is 5.08. The van der Waals surface area contributed by atoms with Gasteiger partial charge in [0.05, 0.1) is 12.4 Å². The van der Waals surface area contributed by atoms with Crippen LogP contribution in [0, 0.1) is 12.3 Å². The Labute approximate surface area is 73.1 Å². The number of amidine groups is 1. The van der Waals surface area contributed by atoms with E-state index in [1.807, 2.05) is 25.2 Å². The molecule has 0 atom stereocenters. The third-order valence-electron chi connectivity index (χ3n) is 1.50. The fraction of sp³-hybridized carbons (Fsp3) is 0.300. The first-order valence-corrected chi connectivity index (χ1v) is 3.90. The summed E-state index contributed by atoms with van der Waals surface area (Å²) in [5.41, 5.74) is 1.13. The van der Waals surface area contributed by atoms with Crippen LogP contribution in [0.1, 0.15) is 13.3 Å². The first-order valence-electron chi connectivity index (χ1n) is 3.90. The molecule has 0 radical (unpaired) electrons. The van der Waals surface area contributed by atoms with E-state index in [0.717, 1.165) is 18.1 Å². The van der Waals surface area contributed by atoms with Gasteiger partial charge < -0.3 is 5.32 Å². The molecule has 1 aliphatic rings. The summed E-state index contributed by atoms with van der Waals surface area (Å²) in [5.74, 6) is 3.52. The summed E-state index contributed by atoms with van der Waals surface area (Å²) in [4.78, 5) is 4.18. The molecule has 0 aromatic heterocycles. The Morgan fingerprint density at radius 1 is 1.75 bits per heavy atom. The van der Waals surface area contributed by atoms with Crippen molar-refractivity contribution in [2.45, 2.75) is 13.3 Å². The first-order chi connectivity index (χ1) is 5.83. The van der Waals surface area contributed by atoms with Crippen molar-refractivity contribution in [1.82, 2.24) is 5.32 Å². The van der Waals surface area contributed by atoms with E-state index in [9.17, 15) is 0 Å². The lowest BCUT2D eigenvalue weighted by molar-refractivity contribution is 1.11. The van der Waals surface area contributed by atoms with Crippen LogP contribution in [-0.4, -0.2) is 12.4 Å². The number of allylic oxidation sites excluding steroid dienone is 3. The van der Waals surface area contributed by atoms with Gasteiger partial charge >= 0.3 is 0 Å². The van der Waals surface area contributed by atoms with Gasteiger partial charge in [-0.2, -0.15) is 0 Å². The Hall–Kier alpha value is -1.49. The van der Waals surface area contributed by atoms with Crippen molar-refractivity contribution in [3.8, 4) is 12.3 Å². The van der Waals surface area contributed by atoms with Crippen LogP contribution in [0.3, 0.4) is 0 Å². The zero-order valence-electron chi connectivity index (χ0n) is 7.17. The molecule has 0 aliphatic carbocycles. The largest absolute Gasteiger partial charge is 0.346 e. The summed E-state index contributed by atoms with van der Waals surface area (Å²) in [6.07, 6.45) is 11.7. The monoisotopic (exact) mass is 160 g/mol. The van der Waals surface area contributed by atoms with Crippen molar-refractivity contribution < 1.29 is 0 Å². The van der Waals surface area contributed by atoms with Gasteiger partial charge in [-0.1, -0.05) is 12.2 Å². The number of hydrogen-bond donors (Lipinski definition) is 1. The number of hydrogen-bond acceptors (Lipinski definition) is 2. The topological polar surface area (TPSA) is 24.4 Å². The molecule has 0 saturated heterocycles. The van der Waals surface area contributed by atoms with E-state index in [2.05, 4.69) is 16.2 Å². The van der Waals surface area contributed by atoms with E-state index in [1.54, 1.807) is 0 Å². The van der Waals surface area contributed by atoms with Gasteiger partial charge in [0.25, 0.3) is 0 Å². The fourth-order valence-corrected chi connectivity index (χ4v) is 0.930. The maximum Gasteiger partial charge on any atom is 0.0978 e. The normalized spacial score (nSPS) is 19.3. The van der Waals surface area contributed by atoms with E-state index in [1.165, 1.54) is 0 Å². The van der Waals surface area contributed by atoms with Gasteiger partial charge in [-0.25, -0.2) is 0 Å². The predicted molar refractivity (Wildman–Crippen MR) is 51.8 cm³/mol. The summed E-state index contributed by atoms with van der Waals surface area (Å²) in [6.45, 7) is 2.71. The summed E-state index contributed by atoms with van der Waals surface area (Å²) in [7, 11) is 0. The highest BCUT2D eigenvalue weighted by Crippen LogP contribution is 1.99. The summed E-state index contributed by atoms with van der Waals surface area (Å²) in [6, 6.07) is 0. The Kier molecular flexibility index (Phi) is 3.16. The van der Waals surface area contributed by atoms with Crippen LogP contribution in [0.25, 0.3) is 0 Å². The molecule has 0 unspecified atom stereocenters. The molecule has 0 aromatic carbocycles. The zero-order chi connectivity index (χ0) is 8.81. The molecule has 62 valence electrons. The molecule has 0 spiro atoms. The molecule has 2 nitrogen and oxygen atoms in total. The summed E-state index contributed by atoms with van der Waals surface area (Å²) < 4.78 is 0. The second-order valence-corrected chi connectivity index (χ2v) is 2.55. The van der Waals surface area contributed by atoms with Crippen LogP contribution in [0.5, 0.6) is 0 Å². The van der Waals surface area contributed by atoms with E-state index >= 15 is 0 Å². The first kappa shape index (κ1) is 8.61. The molecule has 0 fully saturated rings. The van der Waals surface area contributed by atoms with Crippen LogP contribution in [0.15, 0.2) is 28.9 Å². The van der Waals surface area contributed by atoms with Gasteiger partial charge in [0.2, 0.25) is 0 Å². The van der Waals surface area contributed by atoms with E-state index in [-0.39, 0.29) is 0 Å². The van der Waals surface area contributed by atoms with Crippen LogP contribution in [0.4, 0.5) is 0 Å². The molecule has 0 saturated carbocycles. The van der Waals surface area contributed by atoms with Crippen molar-refractivity contribution in [3.05, 3.63) is 23.9 Å². The predicted octanol–water partition coefficient (Wildman–Crippen LogP) is 1.47. The lowest BCUT2D eigenvalue weighted by Crippen LogP contribution is -2.12. The minimum Gasteiger partial charge on any atom is -0.346 e. The lowest BCUT2D eigenvalue weighted by Gasteiger charge is -1.94. The van der Waals surface area contributed by atoms with E-state index in [0.29, 0.717) is 6.42 Å². The zero-order valence-corrected chi connectivity index (χ0v) is 7.17. The third kappa shape index (κ3) is 2.63. The Bertz CT molecular complexity index is 277. The van der Waals surface area contributed by atoms with Gasteiger partial charge in [0.1, 0.15) is 0 Å². The lowest BCUT2D eigenvalue weighted by atomic mass is 10.3. The van der Waals surface area contributed by atoms with Crippen molar-refractivity contribution in [3.63, 3.8) is 0 Å². The minimum absolute atomic E-state index is 0.684. The van der Waals surface area contributed by atoms with E-state index < -0.39 is 0 Å². The average Bonchev–Trinajstić information content (AvgIpc) is 2.45. The van der Waals surface area contributed by atoms with Crippen LogP contribution < -0.4 is 5.32 Å². The molecule has 0 aromatic rings. The molecular weight excluding hydrogens is 148 g/mol. The van der Waals surface area contributed by atoms with Gasteiger partial charge in [-0.3, -0.25) is 4.99 Å². The molecule has 1 N–H and O–H groups in total. The van der Waals surface area contributed by atoms with Crippen LogP contribution in [0.2, 0.25) is 0 Å². The molecule has 12 heavy (non-hydrogen) atoms. The highest BCUT2D eigenvalue weighted by molar-refractivity contribution is 5.83. The van der Waals surface area contributed by atoms with Crippen molar-refractivity contribution in [2.24, 2.45) is 4.99 Å². The SMILES string of the molecule is C#CC/C=C\C=C1/CN=C(C)N1. The quantitative estimate of drug-likeness (QED) is 0.608. The number of rotatable bonds is 2. The number of nitrogens with one attached hydrogen (secondary N) is 1. The maximum atomic E-state index is 5.08. The Morgan fingerprint density at radius 3 is 3.17 bits per heavy atom. The Balaban J connectivity index is 2.36. The standard InChI is InChI=1S/C10H12N2/c1-3-4-5-6-7-10-8-11-9(2)12-10/h1,5-7H,4,8H2,2H3,(H,11,12)/b6-5-,10-7+. The van der Waals surface area contributed by atoms with Crippen LogP contribution >= 0.6 is 0 Å². The van der Waals surface area contributed by atoms with Crippen LogP contribution in [-0.2, 0) is 0 Å². The van der Waals surface area contributed by atoms with Crippen molar-refractivity contribution >= 4 is 5.84 Å². The van der Waals surface area contributed by atoms with Gasteiger partial charge in [-0.15, -0.1) is 12.3 Å². The third-order valence-corrected chi connectivity index (χ3v) is 1.50. The molecular formula is C10H12N2. The smallest absolute Gasteiger partial charge is 0.0978 e. The highest BCUT2D eigenvalue weighted by Gasteiger charge is 2.02. The molecule has 2 heteroatoms. The Morgan fingerprint density at radius 2 is 2.58 bits per heavy atom. The molecule has 0 amide bonds. The van der Waals surface area contributed by atoms with Gasteiger partial charge in [0, 0.05) is 12.1 Å². The van der Waals surface area contributed by atoms with Gasteiger partial charge in [0.15, 0.2) is 0 Å². The summed E-state index contributed by atoms with van der Waals surface area (Å²) in [5, 5.41) is 3.14. The second kappa shape index (κ2) is 4.40. The van der Waals surface area contributed by atoms with Crippen molar-refractivity contribution in [1.29, 1.82) is 0 Å². The average molecular weight is 160 g/mol. The molecule has 1 heterocycles. The fourth-order valence-electron chi connectivity index (χ4n) is 0.930. The number of terminal acetylenes is 1. The highest BCUT2D eigenvalue weighted by atomic mass is 15.1. The second-order valence-electron chi connectivity index (χ2n) is 2.55. The van der Waals surface area contributed by atoms with Gasteiger partial charge in [-0.05, 0) is 13.0 Å². The molecule has 1 rings (SSSR count). The molecule has 0 bridgehead atoms. The number of aliphatic imine (C=N–C) groups is 1. The number of nitrogens with zero attached hydrogens (tertiary/aromatic N) is 1. The minimum atomic E-state index is 0.684. The van der Waals surface area contributed by atoms with Crippen molar-refractivity contribution in [2.75, 3.05) is 6.54 Å². The van der Waals surface area contributed by atoms with E-state index in [4.69, 9.17) is 6.42 Å².